The average Bonchev–Trinajstić information content (AvgIpc) is 3.16. The number of aryl methyl sites for hydroxylation is 2. The van der Waals surface area contributed by atoms with Crippen molar-refractivity contribution in [1.82, 2.24) is 9.38 Å². The first-order valence-corrected chi connectivity index (χ1v) is 9.16. The van der Waals surface area contributed by atoms with E-state index >= 15 is 0 Å². The Balaban J connectivity index is 1.82. The molecule has 0 bridgehead atoms. The molecule has 3 nitrogen and oxygen atoms in total. The number of fused-ring (bicyclic) bond motifs is 1. The van der Waals surface area contributed by atoms with E-state index in [1.807, 2.05) is 34.7 Å². The van der Waals surface area contributed by atoms with Crippen molar-refractivity contribution in [2.45, 2.75) is 20.3 Å². The van der Waals surface area contributed by atoms with Crippen LogP contribution in [0.25, 0.3) is 27.3 Å². The third-order valence-electron chi connectivity index (χ3n) is 4.51. The molecule has 2 aromatic carbocycles. The number of thiazole rings is 1. The zero-order chi connectivity index (χ0) is 17.4. The highest BCUT2D eigenvalue weighted by Crippen LogP contribution is 2.31. The number of rotatable bonds is 4. The largest absolute Gasteiger partial charge is 0.296 e. The molecule has 0 radical (unpaired) electrons. The summed E-state index contributed by atoms with van der Waals surface area (Å²) < 4.78 is 2.01. The molecular formula is C21H18N2OS. The lowest BCUT2D eigenvalue weighted by molar-refractivity contribution is 0.111. The van der Waals surface area contributed by atoms with Gasteiger partial charge >= 0.3 is 0 Å². The van der Waals surface area contributed by atoms with Gasteiger partial charge in [-0.2, -0.15) is 0 Å². The quantitative estimate of drug-likeness (QED) is 0.463. The zero-order valence-electron chi connectivity index (χ0n) is 14.2. The monoisotopic (exact) mass is 346 g/mol. The Morgan fingerprint density at radius 1 is 1.00 bits per heavy atom. The van der Waals surface area contributed by atoms with Crippen LogP contribution in [-0.2, 0) is 6.42 Å². The first-order valence-electron chi connectivity index (χ1n) is 8.34. The van der Waals surface area contributed by atoms with E-state index in [9.17, 15) is 4.79 Å². The molecule has 2 heterocycles. The molecule has 0 aliphatic rings. The summed E-state index contributed by atoms with van der Waals surface area (Å²) in [4.78, 5) is 18.6. The first-order chi connectivity index (χ1) is 12.2. The second-order valence-corrected chi connectivity index (χ2v) is 7.17. The number of nitrogens with zero attached hydrogens (tertiary/aromatic N) is 2. The lowest BCUT2D eigenvalue weighted by Crippen LogP contribution is -1.97. The number of carbonyl (C=O) groups is 1. The maximum absolute atomic E-state index is 11.8. The van der Waals surface area contributed by atoms with Crippen molar-refractivity contribution >= 4 is 22.6 Å². The van der Waals surface area contributed by atoms with Crippen molar-refractivity contribution in [1.29, 1.82) is 0 Å². The molecule has 124 valence electrons. The van der Waals surface area contributed by atoms with Crippen LogP contribution in [0.3, 0.4) is 0 Å². The predicted molar refractivity (Wildman–Crippen MR) is 103 cm³/mol. The van der Waals surface area contributed by atoms with Crippen molar-refractivity contribution < 1.29 is 4.79 Å². The number of aldehydes is 1. The summed E-state index contributed by atoms with van der Waals surface area (Å²) in [7, 11) is 0. The molecule has 0 fully saturated rings. The maximum Gasteiger partial charge on any atom is 0.195 e. The highest BCUT2D eigenvalue weighted by atomic mass is 32.1. The van der Waals surface area contributed by atoms with Gasteiger partial charge in [0, 0.05) is 16.1 Å². The van der Waals surface area contributed by atoms with Gasteiger partial charge in [0.15, 0.2) is 11.2 Å². The summed E-state index contributed by atoms with van der Waals surface area (Å²) >= 11 is 1.64. The molecule has 0 spiro atoms. The number of benzene rings is 2. The zero-order valence-corrected chi connectivity index (χ0v) is 15.0. The van der Waals surface area contributed by atoms with Gasteiger partial charge in [0.1, 0.15) is 11.4 Å². The van der Waals surface area contributed by atoms with Crippen LogP contribution < -0.4 is 0 Å². The van der Waals surface area contributed by atoms with Gasteiger partial charge in [0.25, 0.3) is 0 Å². The number of carbonyl (C=O) groups excluding carboxylic acids is 1. The highest BCUT2D eigenvalue weighted by Gasteiger charge is 2.19. The molecule has 0 aliphatic carbocycles. The summed E-state index contributed by atoms with van der Waals surface area (Å²) in [6.07, 6.45) is 1.81. The van der Waals surface area contributed by atoms with Crippen LogP contribution in [0.1, 0.15) is 28.0 Å². The Morgan fingerprint density at radius 3 is 2.28 bits per heavy atom. The number of hydrogen-bond acceptors (Lipinski definition) is 3. The van der Waals surface area contributed by atoms with Crippen molar-refractivity contribution in [3.8, 4) is 22.4 Å². The maximum atomic E-state index is 11.8. The topological polar surface area (TPSA) is 34.4 Å². The van der Waals surface area contributed by atoms with E-state index in [0.29, 0.717) is 5.69 Å². The minimum absolute atomic E-state index is 0.642. The molecule has 4 heteroatoms. The molecule has 0 atom stereocenters. The van der Waals surface area contributed by atoms with Gasteiger partial charge in [-0.1, -0.05) is 61.5 Å². The van der Waals surface area contributed by atoms with E-state index < -0.39 is 0 Å². The van der Waals surface area contributed by atoms with Crippen molar-refractivity contribution in [3.05, 3.63) is 70.9 Å². The van der Waals surface area contributed by atoms with Gasteiger partial charge in [-0.05, 0) is 24.5 Å². The molecule has 25 heavy (non-hydrogen) atoms. The lowest BCUT2D eigenvalue weighted by Gasteiger charge is -2.04. The van der Waals surface area contributed by atoms with Crippen molar-refractivity contribution in [3.63, 3.8) is 0 Å². The van der Waals surface area contributed by atoms with Gasteiger partial charge in [-0.15, -0.1) is 11.3 Å². The Hall–Kier alpha value is -2.72. The van der Waals surface area contributed by atoms with Crippen LogP contribution in [-0.4, -0.2) is 15.7 Å². The molecule has 0 aliphatic heterocycles. The standard InChI is InChI=1S/C21H18N2OS/c1-3-18-14(2)25-21-22-20(19(13-24)23(18)21)17-11-9-16(10-12-17)15-7-5-4-6-8-15/h4-13H,3H2,1-2H3. The molecule has 4 rings (SSSR count). The summed E-state index contributed by atoms with van der Waals surface area (Å²) in [5, 5.41) is 0. The summed E-state index contributed by atoms with van der Waals surface area (Å²) in [5.74, 6) is 0. The average molecular weight is 346 g/mol. The fraction of sp³-hybridized carbons (Fsp3) is 0.143. The third-order valence-corrected chi connectivity index (χ3v) is 5.51. The second-order valence-electron chi connectivity index (χ2n) is 5.98. The van der Waals surface area contributed by atoms with E-state index in [1.165, 1.54) is 16.1 Å². The lowest BCUT2D eigenvalue weighted by atomic mass is 10.0. The number of imidazole rings is 1. The molecule has 0 unspecified atom stereocenters. The third kappa shape index (κ3) is 2.59. The minimum Gasteiger partial charge on any atom is -0.296 e. The SMILES string of the molecule is CCc1c(C)sc2nc(-c3ccc(-c4ccccc4)cc3)c(C=O)n12. The fourth-order valence-electron chi connectivity index (χ4n) is 3.27. The van der Waals surface area contributed by atoms with Crippen LogP contribution in [0, 0.1) is 6.92 Å². The van der Waals surface area contributed by atoms with E-state index in [1.54, 1.807) is 11.3 Å². The Morgan fingerprint density at radius 2 is 1.64 bits per heavy atom. The van der Waals surface area contributed by atoms with E-state index in [2.05, 4.69) is 38.1 Å². The fourth-order valence-corrected chi connectivity index (χ4v) is 4.34. The first kappa shape index (κ1) is 15.8. The van der Waals surface area contributed by atoms with Crippen LogP contribution >= 0.6 is 11.3 Å². The van der Waals surface area contributed by atoms with E-state index in [4.69, 9.17) is 4.98 Å². The van der Waals surface area contributed by atoms with Gasteiger partial charge in [0.05, 0.1) is 0 Å². The van der Waals surface area contributed by atoms with Crippen LogP contribution in [0.4, 0.5) is 0 Å². The summed E-state index contributed by atoms with van der Waals surface area (Å²) in [6.45, 7) is 4.19. The van der Waals surface area contributed by atoms with Crippen LogP contribution in [0.2, 0.25) is 0 Å². The summed E-state index contributed by atoms with van der Waals surface area (Å²) in [6, 6.07) is 18.5. The smallest absolute Gasteiger partial charge is 0.195 e. The van der Waals surface area contributed by atoms with Gasteiger partial charge < -0.3 is 0 Å². The highest BCUT2D eigenvalue weighted by molar-refractivity contribution is 7.17. The normalized spacial score (nSPS) is 11.1. The number of aromatic nitrogens is 2. The molecule has 0 saturated heterocycles. The van der Waals surface area contributed by atoms with Gasteiger partial charge in [-0.25, -0.2) is 4.98 Å². The molecule has 0 N–H and O–H groups in total. The van der Waals surface area contributed by atoms with Gasteiger partial charge in [-0.3, -0.25) is 9.20 Å². The van der Waals surface area contributed by atoms with E-state index in [0.717, 1.165) is 34.5 Å². The minimum atomic E-state index is 0.642. The Kier molecular flexibility index (Phi) is 3.98. The molecule has 0 amide bonds. The van der Waals surface area contributed by atoms with E-state index in [-0.39, 0.29) is 0 Å². The van der Waals surface area contributed by atoms with Gasteiger partial charge in [0.2, 0.25) is 0 Å². The molecule has 0 saturated carbocycles. The molecular weight excluding hydrogens is 328 g/mol. The summed E-state index contributed by atoms with van der Waals surface area (Å²) in [5.41, 5.74) is 5.88. The van der Waals surface area contributed by atoms with Crippen molar-refractivity contribution in [2.75, 3.05) is 0 Å². The van der Waals surface area contributed by atoms with Crippen molar-refractivity contribution in [2.24, 2.45) is 0 Å². The predicted octanol–water partition coefficient (Wildman–Crippen LogP) is 5.41. The van der Waals surface area contributed by atoms with Crippen LogP contribution in [0.5, 0.6) is 0 Å². The number of hydrogen-bond donors (Lipinski definition) is 0. The Bertz CT molecular complexity index is 1040. The Labute approximate surface area is 150 Å². The van der Waals surface area contributed by atoms with Crippen LogP contribution in [0.15, 0.2) is 54.6 Å². The second kappa shape index (κ2) is 6.30. The molecule has 2 aromatic heterocycles. The molecule has 4 aromatic rings.